The second-order valence-electron chi connectivity index (χ2n) is 7.16. The molecule has 0 aliphatic heterocycles. The summed E-state index contributed by atoms with van der Waals surface area (Å²) in [6.45, 7) is 3.83. The number of nitro groups is 1. The van der Waals surface area contributed by atoms with Crippen LogP contribution < -0.4 is 10.9 Å². The number of non-ortho nitro benzene ring substituents is 1. The smallest absolute Gasteiger partial charge is 0.269 e. The molecule has 1 N–H and O–H groups in total. The molecule has 1 amide bonds. The van der Waals surface area contributed by atoms with Crippen molar-refractivity contribution in [3.63, 3.8) is 0 Å². The Bertz CT molecular complexity index is 1370. The summed E-state index contributed by atoms with van der Waals surface area (Å²) >= 11 is 1.39. The van der Waals surface area contributed by atoms with E-state index in [9.17, 15) is 19.7 Å². The van der Waals surface area contributed by atoms with E-state index in [1.54, 1.807) is 0 Å². The molecule has 0 fully saturated rings. The molecule has 8 nitrogen and oxygen atoms in total. The molecule has 0 spiro atoms. The van der Waals surface area contributed by atoms with Gasteiger partial charge in [0.2, 0.25) is 5.91 Å². The van der Waals surface area contributed by atoms with E-state index in [1.807, 2.05) is 37.4 Å². The van der Waals surface area contributed by atoms with Crippen LogP contribution in [0.2, 0.25) is 0 Å². The number of nitrogens with zero attached hydrogens (tertiary/aromatic N) is 3. The van der Waals surface area contributed by atoms with E-state index >= 15 is 0 Å². The number of rotatable bonds is 5. The van der Waals surface area contributed by atoms with Crippen LogP contribution in [0.3, 0.4) is 0 Å². The van der Waals surface area contributed by atoms with Crippen molar-refractivity contribution in [1.29, 1.82) is 0 Å². The first-order valence-electron chi connectivity index (χ1n) is 9.42. The van der Waals surface area contributed by atoms with Crippen LogP contribution in [0, 0.1) is 24.0 Å². The molecule has 4 rings (SSSR count). The molecule has 0 atom stereocenters. The number of nitrogens with one attached hydrogen (secondary N) is 1. The molecule has 2 heterocycles. The van der Waals surface area contributed by atoms with Gasteiger partial charge in [-0.25, -0.2) is 4.98 Å². The lowest BCUT2D eigenvalue weighted by atomic mass is 10.0. The number of nitro benzene ring substituents is 1. The minimum atomic E-state index is -0.514. The molecule has 31 heavy (non-hydrogen) atoms. The summed E-state index contributed by atoms with van der Waals surface area (Å²) < 4.78 is 1.26. The van der Waals surface area contributed by atoms with Crippen LogP contribution in [0.4, 0.5) is 11.4 Å². The summed E-state index contributed by atoms with van der Waals surface area (Å²) in [4.78, 5) is 40.7. The second-order valence-corrected chi connectivity index (χ2v) is 8.02. The van der Waals surface area contributed by atoms with Crippen LogP contribution in [0.15, 0.2) is 59.0 Å². The highest BCUT2D eigenvalue weighted by Crippen LogP contribution is 2.31. The fourth-order valence-corrected chi connectivity index (χ4v) is 4.13. The molecule has 0 radical (unpaired) electrons. The van der Waals surface area contributed by atoms with Crippen LogP contribution in [-0.4, -0.2) is 20.4 Å². The summed E-state index contributed by atoms with van der Waals surface area (Å²) in [5.74, 6) is -0.430. The molecule has 4 aromatic rings. The number of amides is 1. The van der Waals surface area contributed by atoms with Gasteiger partial charge in [0.15, 0.2) is 0 Å². The third-order valence-corrected chi connectivity index (χ3v) is 5.94. The van der Waals surface area contributed by atoms with E-state index < -0.39 is 10.8 Å². The van der Waals surface area contributed by atoms with Crippen molar-refractivity contribution in [3.8, 4) is 11.1 Å². The minimum absolute atomic E-state index is 0.0693. The van der Waals surface area contributed by atoms with Gasteiger partial charge in [-0.15, -0.1) is 11.3 Å². The van der Waals surface area contributed by atoms with Gasteiger partial charge in [-0.2, -0.15) is 0 Å². The lowest BCUT2D eigenvalue weighted by Gasteiger charge is -2.08. The number of fused-ring (bicyclic) bond motifs is 1. The Morgan fingerprint density at radius 2 is 1.90 bits per heavy atom. The second kappa shape index (κ2) is 8.11. The predicted octanol–water partition coefficient (Wildman–Crippen LogP) is 4.29. The summed E-state index contributed by atoms with van der Waals surface area (Å²) in [5, 5.41) is 15.8. The Kier molecular flexibility index (Phi) is 5.35. The van der Waals surface area contributed by atoms with Gasteiger partial charge in [-0.05, 0) is 42.7 Å². The van der Waals surface area contributed by atoms with E-state index in [0.717, 1.165) is 16.7 Å². The first-order chi connectivity index (χ1) is 14.8. The minimum Gasteiger partial charge on any atom is -0.325 e. The highest BCUT2D eigenvalue weighted by molar-refractivity contribution is 7.17. The predicted molar refractivity (Wildman–Crippen MR) is 121 cm³/mol. The van der Waals surface area contributed by atoms with E-state index in [-0.39, 0.29) is 17.8 Å². The Hall–Kier alpha value is -3.85. The van der Waals surface area contributed by atoms with Gasteiger partial charge in [0, 0.05) is 28.8 Å². The zero-order valence-electron chi connectivity index (χ0n) is 16.8. The van der Waals surface area contributed by atoms with Crippen LogP contribution in [0.1, 0.15) is 11.1 Å². The molecule has 0 aliphatic carbocycles. The van der Waals surface area contributed by atoms with E-state index in [2.05, 4.69) is 10.3 Å². The molecule has 9 heteroatoms. The van der Waals surface area contributed by atoms with Crippen molar-refractivity contribution in [2.75, 3.05) is 5.32 Å². The van der Waals surface area contributed by atoms with Gasteiger partial charge >= 0.3 is 0 Å². The number of hydrogen-bond donors (Lipinski definition) is 1. The quantitative estimate of drug-likeness (QED) is 0.372. The average Bonchev–Trinajstić information content (AvgIpc) is 3.17. The third-order valence-electron chi connectivity index (χ3n) is 5.05. The van der Waals surface area contributed by atoms with Gasteiger partial charge in [-0.1, -0.05) is 18.2 Å². The van der Waals surface area contributed by atoms with Crippen molar-refractivity contribution in [2.45, 2.75) is 20.4 Å². The number of hydrogen-bond acceptors (Lipinski definition) is 6. The Balaban J connectivity index is 1.61. The first kappa shape index (κ1) is 20.4. The summed E-state index contributed by atoms with van der Waals surface area (Å²) in [6, 6.07) is 11.5. The molecule has 2 aromatic heterocycles. The highest BCUT2D eigenvalue weighted by Gasteiger charge is 2.15. The van der Waals surface area contributed by atoms with E-state index in [4.69, 9.17) is 0 Å². The van der Waals surface area contributed by atoms with Crippen molar-refractivity contribution in [1.82, 2.24) is 9.55 Å². The molecule has 156 valence electrons. The monoisotopic (exact) mass is 434 g/mol. The van der Waals surface area contributed by atoms with Crippen molar-refractivity contribution < 1.29 is 9.72 Å². The summed E-state index contributed by atoms with van der Waals surface area (Å²) in [5.41, 5.74) is 4.07. The number of aromatic nitrogens is 2. The van der Waals surface area contributed by atoms with Gasteiger partial charge < -0.3 is 5.32 Å². The standard InChI is InChI=1S/C22H18N4O4S/c1-13-3-4-15(9-14(13)2)18-11-31-21-20(18)22(28)25(12-23-21)10-19(27)24-16-5-7-17(8-6-16)26(29)30/h3-9,11-12H,10H2,1-2H3,(H,24,27). The summed E-state index contributed by atoms with van der Waals surface area (Å²) in [7, 11) is 0. The van der Waals surface area contributed by atoms with Gasteiger partial charge in [0.25, 0.3) is 11.2 Å². The van der Waals surface area contributed by atoms with Gasteiger partial charge in [-0.3, -0.25) is 24.3 Å². The maximum absolute atomic E-state index is 13.1. The normalized spacial score (nSPS) is 10.9. The fraction of sp³-hybridized carbons (Fsp3) is 0.136. The van der Waals surface area contributed by atoms with Gasteiger partial charge in [0.1, 0.15) is 11.4 Å². The van der Waals surface area contributed by atoms with Gasteiger partial charge in [0.05, 0.1) is 16.6 Å². The molecule has 0 unspecified atom stereocenters. The lowest BCUT2D eigenvalue weighted by Crippen LogP contribution is -2.27. The summed E-state index contributed by atoms with van der Waals surface area (Å²) in [6.07, 6.45) is 1.36. The number of anilines is 1. The number of aryl methyl sites for hydroxylation is 2. The van der Waals surface area contributed by atoms with Crippen LogP contribution in [0.25, 0.3) is 21.3 Å². The third kappa shape index (κ3) is 4.08. The molecule has 0 bridgehead atoms. The molecular weight excluding hydrogens is 416 g/mol. The zero-order valence-corrected chi connectivity index (χ0v) is 17.6. The number of carbonyl (C=O) groups excluding carboxylic acids is 1. The van der Waals surface area contributed by atoms with Crippen molar-refractivity contribution in [2.24, 2.45) is 0 Å². The topological polar surface area (TPSA) is 107 Å². The average molecular weight is 434 g/mol. The van der Waals surface area contributed by atoms with E-state index in [0.29, 0.717) is 15.9 Å². The number of carbonyl (C=O) groups is 1. The molecular formula is C22H18N4O4S. The SMILES string of the molecule is Cc1ccc(-c2csc3ncn(CC(=O)Nc4ccc([N+](=O)[O-])cc4)c(=O)c23)cc1C. The zero-order chi connectivity index (χ0) is 22.1. The highest BCUT2D eigenvalue weighted by atomic mass is 32.1. The number of thiophene rings is 1. The molecule has 2 aromatic carbocycles. The van der Waals surface area contributed by atoms with E-state index in [1.165, 1.54) is 52.1 Å². The Morgan fingerprint density at radius 1 is 1.16 bits per heavy atom. The Labute approximate surface area is 181 Å². The molecule has 0 saturated heterocycles. The van der Waals surface area contributed by atoms with Crippen LogP contribution >= 0.6 is 11.3 Å². The fourth-order valence-electron chi connectivity index (χ4n) is 3.22. The molecule has 0 aliphatic rings. The van der Waals surface area contributed by atoms with Crippen molar-refractivity contribution >= 4 is 38.8 Å². The maximum Gasteiger partial charge on any atom is 0.269 e. The first-order valence-corrected chi connectivity index (χ1v) is 10.3. The van der Waals surface area contributed by atoms with Crippen LogP contribution in [0.5, 0.6) is 0 Å². The molecule has 0 saturated carbocycles. The van der Waals surface area contributed by atoms with Crippen LogP contribution in [-0.2, 0) is 11.3 Å². The van der Waals surface area contributed by atoms with Crippen molar-refractivity contribution in [3.05, 3.63) is 85.8 Å². The number of benzene rings is 2. The Morgan fingerprint density at radius 3 is 2.58 bits per heavy atom. The lowest BCUT2D eigenvalue weighted by molar-refractivity contribution is -0.384. The largest absolute Gasteiger partial charge is 0.325 e. The maximum atomic E-state index is 13.1.